The van der Waals surface area contributed by atoms with Gasteiger partial charge in [0, 0.05) is 30.1 Å². The van der Waals surface area contributed by atoms with E-state index in [1.807, 2.05) is 0 Å². The SMILES string of the molecule is CC(C)(C)OC(=O)/C=C/N(CC(=O)N1CCc2cc(OCc3ccc(-c4ccccc4)cc3C(F)(F)F)ccc21)C(=O)OC(C)(C)C. The molecule has 47 heavy (non-hydrogen) atoms. The minimum absolute atomic E-state index is 0.00356. The van der Waals surface area contributed by atoms with Gasteiger partial charge in [-0.3, -0.25) is 9.69 Å². The molecule has 0 saturated heterocycles. The fourth-order valence-electron chi connectivity index (χ4n) is 4.88. The van der Waals surface area contributed by atoms with Gasteiger partial charge >= 0.3 is 18.2 Å². The number of alkyl halides is 3. The van der Waals surface area contributed by atoms with Crippen molar-refractivity contribution in [3.63, 3.8) is 0 Å². The van der Waals surface area contributed by atoms with Gasteiger partial charge in [-0.2, -0.15) is 13.2 Å². The summed E-state index contributed by atoms with van der Waals surface area (Å²) >= 11 is 0. The Hall–Kier alpha value is -4.80. The van der Waals surface area contributed by atoms with Gasteiger partial charge in [0.05, 0.1) is 5.56 Å². The average molecular weight is 653 g/mol. The summed E-state index contributed by atoms with van der Waals surface area (Å²) in [6, 6.07) is 18.0. The molecule has 0 atom stereocenters. The van der Waals surface area contributed by atoms with Crippen LogP contribution in [-0.4, -0.2) is 47.2 Å². The number of fused-ring (bicyclic) bond motifs is 1. The lowest BCUT2D eigenvalue weighted by Crippen LogP contribution is -2.42. The fourth-order valence-corrected chi connectivity index (χ4v) is 4.88. The van der Waals surface area contributed by atoms with Gasteiger partial charge in [0.2, 0.25) is 5.91 Å². The molecule has 0 N–H and O–H groups in total. The van der Waals surface area contributed by atoms with Gasteiger partial charge in [-0.1, -0.05) is 42.5 Å². The molecule has 1 aliphatic rings. The zero-order valence-electron chi connectivity index (χ0n) is 27.3. The number of esters is 1. The fraction of sp³-hybridized carbons (Fsp3) is 0.361. The Balaban J connectivity index is 1.47. The number of halogens is 3. The van der Waals surface area contributed by atoms with Crippen LogP contribution in [0.25, 0.3) is 11.1 Å². The van der Waals surface area contributed by atoms with Crippen LogP contribution in [0.2, 0.25) is 0 Å². The smallest absolute Gasteiger partial charge is 0.416 e. The Kier molecular flexibility index (Phi) is 10.4. The number of amides is 2. The molecule has 1 aliphatic heterocycles. The predicted molar refractivity (Wildman–Crippen MR) is 172 cm³/mol. The van der Waals surface area contributed by atoms with Gasteiger partial charge in [0.15, 0.2) is 0 Å². The monoisotopic (exact) mass is 652 g/mol. The topological polar surface area (TPSA) is 85.4 Å². The molecule has 4 rings (SSSR count). The molecule has 0 saturated carbocycles. The van der Waals surface area contributed by atoms with Crippen molar-refractivity contribution in [3.8, 4) is 16.9 Å². The lowest BCUT2D eigenvalue weighted by Gasteiger charge is -2.26. The van der Waals surface area contributed by atoms with Gasteiger partial charge in [-0.05, 0) is 88.9 Å². The van der Waals surface area contributed by atoms with E-state index in [0.29, 0.717) is 35.5 Å². The van der Waals surface area contributed by atoms with Gasteiger partial charge in [0.25, 0.3) is 0 Å². The summed E-state index contributed by atoms with van der Waals surface area (Å²) in [5.74, 6) is -0.758. The predicted octanol–water partition coefficient (Wildman–Crippen LogP) is 7.93. The first-order valence-electron chi connectivity index (χ1n) is 15.1. The lowest BCUT2D eigenvalue weighted by atomic mass is 9.99. The van der Waals surface area contributed by atoms with E-state index in [9.17, 15) is 27.6 Å². The minimum Gasteiger partial charge on any atom is -0.489 e. The van der Waals surface area contributed by atoms with E-state index in [-0.39, 0.29) is 12.2 Å². The minimum atomic E-state index is -4.57. The van der Waals surface area contributed by atoms with Crippen molar-refractivity contribution in [1.29, 1.82) is 0 Å². The van der Waals surface area contributed by atoms with Crippen molar-refractivity contribution < 1.29 is 41.8 Å². The third-order valence-electron chi connectivity index (χ3n) is 6.90. The summed E-state index contributed by atoms with van der Waals surface area (Å²) in [6.07, 6.45) is -2.70. The molecule has 0 aromatic heterocycles. The highest BCUT2D eigenvalue weighted by molar-refractivity contribution is 5.98. The number of hydrogen-bond donors (Lipinski definition) is 0. The molecule has 3 aromatic rings. The number of carbonyl (C=O) groups excluding carboxylic acids is 3. The van der Waals surface area contributed by atoms with Crippen molar-refractivity contribution in [2.75, 3.05) is 18.0 Å². The van der Waals surface area contributed by atoms with E-state index < -0.39 is 47.5 Å². The van der Waals surface area contributed by atoms with Gasteiger partial charge in [-0.25, -0.2) is 9.59 Å². The van der Waals surface area contributed by atoms with Gasteiger partial charge in [0.1, 0.15) is 30.1 Å². The number of rotatable bonds is 8. The van der Waals surface area contributed by atoms with Gasteiger partial charge in [-0.15, -0.1) is 0 Å². The number of ether oxygens (including phenoxy) is 3. The van der Waals surface area contributed by atoms with Crippen LogP contribution in [0.5, 0.6) is 5.75 Å². The highest BCUT2D eigenvalue weighted by Gasteiger charge is 2.34. The lowest BCUT2D eigenvalue weighted by molar-refractivity contribution is -0.148. The number of anilines is 1. The molecular formula is C36H39F3N2O6. The summed E-state index contributed by atoms with van der Waals surface area (Å²) in [6.45, 7) is 9.77. The van der Waals surface area contributed by atoms with E-state index in [0.717, 1.165) is 28.8 Å². The molecule has 0 radical (unpaired) electrons. The first kappa shape index (κ1) is 35.1. The van der Waals surface area contributed by atoms with Crippen molar-refractivity contribution in [3.05, 3.63) is 95.7 Å². The van der Waals surface area contributed by atoms with Crippen molar-refractivity contribution >= 4 is 23.7 Å². The second kappa shape index (κ2) is 13.9. The van der Waals surface area contributed by atoms with Crippen molar-refractivity contribution in [1.82, 2.24) is 4.90 Å². The second-order valence-corrected chi connectivity index (χ2v) is 13.1. The Morgan fingerprint density at radius 3 is 2.17 bits per heavy atom. The molecular weight excluding hydrogens is 613 g/mol. The van der Waals surface area contributed by atoms with Gasteiger partial charge < -0.3 is 19.1 Å². The summed E-state index contributed by atoms with van der Waals surface area (Å²) in [7, 11) is 0. The standard InChI is InChI=1S/C36H39F3N2O6/c1-34(2,3)46-32(43)17-18-40(33(44)47-35(4,5)6)22-31(42)41-19-16-26-20-28(14-15-30(26)41)45-23-27-13-12-25(21-29(27)36(37,38)39)24-10-8-7-9-11-24/h7-15,17-18,20-21H,16,19,22-23H2,1-6H3/b18-17+. The number of carbonyl (C=O) groups is 3. The molecule has 2 amide bonds. The molecule has 11 heteroatoms. The normalized spacial score (nSPS) is 13.3. The van der Waals surface area contributed by atoms with Crippen LogP contribution in [0.3, 0.4) is 0 Å². The molecule has 0 aliphatic carbocycles. The average Bonchev–Trinajstić information content (AvgIpc) is 3.40. The molecule has 250 valence electrons. The van der Waals surface area contributed by atoms with Crippen LogP contribution in [0.1, 0.15) is 58.2 Å². The molecule has 0 spiro atoms. The van der Waals surface area contributed by atoms with E-state index in [1.54, 1.807) is 96.1 Å². The zero-order chi connectivity index (χ0) is 34.6. The maximum Gasteiger partial charge on any atom is 0.416 e. The third kappa shape index (κ3) is 9.84. The molecule has 0 fully saturated rings. The number of benzene rings is 3. The molecule has 0 bridgehead atoms. The molecule has 8 nitrogen and oxygen atoms in total. The Morgan fingerprint density at radius 1 is 0.851 bits per heavy atom. The van der Waals surface area contributed by atoms with E-state index in [1.165, 1.54) is 11.0 Å². The molecule has 1 heterocycles. The largest absolute Gasteiger partial charge is 0.489 e. The highest BCUT2D eigenvalue weighted by atomic mass is 19.4. The van der Waals surface area contributed by atoms with Crippen LogP contribution in [-0.2, 0) is 38.3 Å². The van der Waals surface area contributed by atoms with E-state index in [4.69, 9.17) is 14.2 Å². The summed E-state index contributed by atoms with van der Waals surface area (Å²) in [5.41, 5.74) is 0.114. The summed E-state index contributed by atoms with van der Waals surface area (Å²) < 4.78 is 58.5. The van der Waals surface area contributed by atoms with Crippen LogP contribution in [0.15, 0.2) is 79.0 Å². The van der Waals surface area contributed by atoms with Crippen LogP contribution in [0.4, 0.5) is 23.7 Å². The van der Waals surface area contributed by atoms with Crippen molar-refractivity contribution in [2.24, 2.45) is 0 Å². The second-order valence-electron chi connectivity index (χ2n) is 13.1. The first-order chi connectivity index (χ1) is 21.9. The quantitative estimate of drug-likeness (QED) is 0.182. The number of hydrogen-bond acceptors (Lipinski definition) is 6. The van der Waals surface area contributed by atoms with Crippen LogP contribution >= 0.6 is 0 Å². The zero-order valence-corrected chi connectivity index (χ0v) is 27.3. The molecule has 0 unspecified atom stereocenters. The maximum absolute atomic E-state index is 14.0. The van der Waals surface area contributed by atoms with E-state index in [2.05, 4.69) is 0 Å². The molecule has 3 aromatic carbocycles. The van der Waals surface area contributed by atoms with Crippen LogP contribution < -0.4 is 9.64 Å². The first-order valence-corrected chi connectivity index (χ1v) is 15.1. The van der Waals surface area contributed by atoms with E-state index >= 15 is 0 Å². The Bertz CT molecular complexity index is 1640. The number of nitrogens with zero attached hydrogens (tertiary/aromatic N) is 2. The Labute approximate surface area is 272 Å². The van der Waals surface area contributed by atoms with Crippen molar-refractivity contribution in [2.45, 2.75) is 71.9 Å². The Morgan fingerprint density at radius 2 is 1.53 bits per heavy atom. The van der Waals surface area contributed by atoms with Crippen LogP contribution in [0, 0.1) is 0 Å². The third-order valence-corrected chi connectivity index (χ3v) is 6.90. The summed E-state index contributed by atoms with van der Waals surface area (Å²) in [4.78, 5) is 41.1. The summed E-state index contributed by atoms with van der Waals surface area (Å²) in [5, 5.41) is 0. The maximum atomic E-state index is 14.0. The highest BCUT2D eigenvalue weighted by Crippen LogP contribution is 2.36.